The smallest absolute Gasteiger partial charge is 0.313 e. The van der Waals surface area contributed by atoms with Gasteiger partial charge < -0.3 is 16.0 Å². The summed E-state index contributed by atoms with van der Waals surface area (Å²) in [6.45, 7) is 7.97. The lowest BCUT2D eigenvalue weighted by molar-refractivity contribution is -0.144. The summed E-state index contributed by atoms with van der Waals surface area (Å²) in [5, 5.41) is 2.72. The summed E-state index contributed by atoms with van der Waals surface area (Å²) in [6, 6.07) is 5.78. The summed E-state index contributed by atoms with van der Waals surface area (Å²) >= 11 is 0. The summed E-state index contributed by atoms with van der Waals surface area (Å²) in [6.07, 6.45) is 0. The van der Waals surface area contributed by atoms with E-state index in [-0.39, 0.29) is 0 Å². The Morgan fingerprint density at radius 1 is 1.18 bits per heavy atom. The van der Waals surface area contributed by atoms with Crippen molar-refractivity contribution >= 4 is 17.5 Å². The van der Waals surface area contributed by atoms with Crippen LogP contribution in [0.25, 0.3) is 0 Å². The van der Waals surface area contributed by atoms with Crippen LogP contribution in [0.15, 0.2) is 18.2 Å². The van der Waals surface area contributed by atoms with Gasteiger partial charge in [0.1, 0.15) is 0 Å². The molecule has 0 aliphatic carbocycles. The second-order valence-electron chi connectivity index (χ2n) is 5.70. The van der Waals surface area contributed by atoms with Gasteiger partial charge in [-0.05, 0) is 31.0 Å². The molecule has 0 bridgehead atoms. The lowest BCUT2D eigenvalue weighted by Gasteiger charge is -2.34. The van der Waals surface area contributed by atoms with Crippen LogP contribution in [0.2, 0.25) is 0 Å². The van der Waals surface area contributed by atoms with E-state index in [1.807, 2.05) is 32.0 Å². The minimum Gasteiger partial charge on any atom is -0.332 e. The topological polar surface area (TPSA) is 78.7 Å². The summed E-state index contributed by atoms with van der Waals surface area (Å²) in [4.78, 5) is 28.2. The third-order valence-corrected chi connectivity index (χ3v) is 3.94. The largest absolute Gasteiger partial charge is 0.332 e. The number of nitrogens with zero attached hydrogens (tertiary/aromatic N) is 2. The first-order chi connectivity index (χ1) is 10.5. The molecule has 1 fully saturated rings. The number of carbonyl (C=O) groups excluding carboxylic acids is 2. The molecule has 22 heavy (non-hydrogen) atoms. The van der Waals surface area contributed by atoms with Crippen LogP contribution in [0.1, 0.15) is 11.1 Å². The SMILES string of the molecule is Cc1ccc(C)c(NC(=O)C(=O)N2CCN(CCN)CC2)c1. The minimum atomic E-state index is -0.569. The molecule has 1 heterocycles. The van der Waals surface area contributed by atoms with Crippen LogP contribution in [-0.4, -0.2) is 60.9 Å². The van der Waals surface area contributed by atoms with E-state index in [1.165, 1.54) is 0 Å². The van der Waals surface area contributed by atoms with Crippen LogP contribution >= 0.6 is 0 Å². The molecular weight excluding hydrogens is 280 g/mol. The van der Waals surface area contributed by atoms with Gasteiger partial charge in [0.15, 0.2) is 0 Å². The van der Waals surface area contributed by atoms with Crippen molar-refractivity contribution in [2.24, 2.45) is 5.73 Å². The van der Waals surface area contributed by atoms with Crippen molar-refractivity contribution in [1.82, 2.24) is 9.80 Å². The first-order valence-electron chi connectivity index (χ1n) is 7.61. The normalized spacial score (nSPS) is 15.7. The number of anilines is 1. The molecular formula is C16H24N4O2. The number of aryl methyl sites for hydroxylation is 2. The predicted octanol–water partition coefficient (Wildman–Crippen LogP) is 0.345. The standard InChI is InChI=1S/C16H24N4O2/c1-12-3-4-13(2)14(11-12)18-15(21)16(22)20-9-7-19(6-5-17)8-10-20/h3-4,11H,5-10,17H2,1-2H3,(H,18,21). The fourth-order valence-electron chi connectivity index (χ4n) is 2.55. The highest BCUT2D eigenvalue weighted by Gasteiger charge is 2.25. The Kier molecular flexibility index (Phi) is 5.51. The van der Waals surface area contributed by atoms with Gasteiger partial charge in [-0.15, -0.1) is 0 Å². The molecule has 0 aromatic heterocycles. The van der Waals surface area contributed by atoms with Gasteiger partial charge in [0.05, 0.1) is 0 Å². The molecule has 0 radical (unpaired) electrons. The molecule has 120 valence electrons. The van der Waals surface area contributed by atoms with Gasteiger partial charge >= 0.3 is 11.8 Å². The molecule has 6 heteroatoms. The molecule has 6 nitrogen and oxygen atoms in total. The predicted molar refractivity (Wildman–Crippen MR) is 86.6 cm³/mol. The van der Waals surface area contributed by atoms with E-state index in [2.05, 4.69) is 10.2 Å². The molecule has 1 aliphatic rings. The quantitative estimate of drug-likeness (QED) is 0.790. The van der Waals surface area contributed by atoms with Gasteiger partial charge in [0.25, 0.3) is 0 Å². The van der Waals surface area contributed by atoms with E-state index in [9.17, 15) is 9.59 Å². The molecule has 0 unspecified atom stereocenters. The van der Waals surface area contributed by atoms with E-state index >= 15 is 0 Å². The van der Waals surface area contributed by atoms with E-state index in [0.717, 1.165) is 30.8 Å². The lowest BCUT2D eigenvalue weighted by Crippen LogP contribution is -2.52. The van der Waals surface area contributed by atoms with Gasteiger partial charge in [0.2, 0.25) is 0 Å². The number of hydrogen-bond donors (Lipinski definition) is 2. The van der Waals surface area contributed by atoms with Crippen molar-refractivity contribution in [2.45, 2.75) is 13.8 Å². The highest BCUT2D eigenvalue weighted by Crippen LogP contribution is 2.16. The van der Waals surface area contributed by atoms with Crippen molar-refractivity contribution in [1.29, 1.82) is 0 Å². The van der Waals surface area contributed by atoms with Gasteiger partial charge in [-0.3, -0.25) is 14.5 Å². The van der Waals surface area contributed by atoms with Crippen molar-refractivity contribution in [3.8, 4) is 0 Å². The van der Waals surface area contributed by atoms with Crippen molar-refractivity contribution in [3.05, 3.63) is 29.3 Å². The Hall–Kier alpha value is -1.92. The summed E-state index contributed by atoms with van der Waals surface area (Å²) in [5.74, 6) is -1.03. The Morgan fingerprint density at radius 3 is 2.50 bits per heavy atom. The first kappa shape index (κ1) is 16.5. The average molecular weight is 304 g/mol. The Labute approximate surface area is 131 Å². The molecule has 3 N–H and O–H groups in total. The van der Waals surface area contributed by atoms with Gasteiger partial charge in [0, 0.05) is 45.0 Å². The Morgan fingerprint density at radius 2 is 1.86 bits per heavy atom. The zero-order valence-electron chi connectivity index (χ0n) is 13.3. The van der Waals surface area contributed by atoms with E-state index < -0.39 is 11.8 Å². The number of nitrogens with one attached hydrogen (secondary N) is 1. The highest BCUT2D eigenvalue weighted by atomic mass is 16.2. The molecule has 0 saturated carbocycles. The van der Waals surface area contributed by atoms with Gasteiger partial charge in [-0.25, -0.2) is 0 Å². The number of amides is 2. The molecule has 1 aromatic rings. The molecule has 2 rings (SSSR count). The summed E-state index contributed by atoms with van der Waals surface area (Å²) < 4.78 is 0. The molecule has 1 saturated heterocycles. The van der Waals surface area contributed by atoms with Gasteiger partial charge in [-0.1, -0.05) is 12.1 Å². The number of carbonyl (C=O) groups is 2. The molecule has 1 aromatic carbocycles. The first-order valence-corrected chi connectivity index (χ1v) is 7.61. The molecule has 1 aliphatic heterocycles. The molecule has 0 spiro atoms. The van der Waals surface area contributed by atoms with Crippen LogP contribution in [0.3, 0.4) is 0 Å². The van der Waals surface area contributed by atoms with Gasteiger partial charge in [-0.2, -0.15) is 0 Å². The Balaban J connectivity index is 1.93. The monoisotopic (exact) mass is 304 g/mol. The number of nitrogens with two attached hydrogens (primary N) is 1. The van der Waals surface area contributed by atoms with Crippen molar-refractivity contribution in [3.63, 3.8) is 0 Å². The highest BCUT2D eigenvalue weighted by molar-refractivity contribution is 6.39. The second kappa shape index (κ2) is 7.38. The average Bonchev–Trinajstić information content (AvgIpc) is 2.51. The van der Waals surface area contributed by atoms with E-state index in [1.54, 1.807) is 4.90 Å². The molecule has 0 atom stereocenters. The summed E-state index contributed by atoms with van der Waals surface area (Å²) in [5.41, 5.74) is 8.21. The fraction of sp³-hybridized carbons (Fsp3) is 0.500. The van der Waals surface area contributed by atoms with Crippen LogP contribution in [0, 0.1) is 13.8 Å². The summed E-state index contributed by atoms with van der Waals surface area (Å²) in [7, 11) is 0. The fourth-order valence-corrected chi connectivity index (χ4v) is 2.55. The van der Waals surface area contributed by atoms with Crippen molar-refractivity contribution in [2.75, 3.05) is 44.6 Å². The number of piperazine rings is 1. The van der Waals surface area contributed by atoms with Crippen LogP contribution in [0.5, 0.6) is 0 Å². The maximum absolute atomic E-state index is 12.2. The third-order valence-electron chi connectivity index (χ3n) is 3.94. The van der Waals surface area contributed by atoms with Crippen molar-refractivity contribution < 1.29 is 9.59 Å². The van der Waals surface area contributed by atoms with E-state index in [4.69, 9.17) is 5.73 Å². The van der Waals surface area contributed by atoms with Crippen LogP contribution < -0.4 is 11.1 Å². The van der Waals surface area contributed by atoms with E-state index in [0.29, 0.717) is 25.3 Å². The zero-order valence-corrected chi connectivity index (χ0v) is 13.3. The number of benzene rings is 1. The Bertz CT molecular complexity index is 551. The maximum atomic E-state index is 12.2. The number of rotatable bonds is 3. The lowest BCUT2D eigenvalue weighted by atomic mass is 10.1. The molecule has 2 amide bonds. The number of hydrogen-bond acceptors (Lipinski definition) is 4. The maximum Gasteiger partial charge on any atom is 0.313 e. The second-order valence-corrected chi connectivity index (χ2v) is 5.70. The minimum absolute atomic E-state index is 0.465. The zero-order chi connectivity index (χ0) is 16.1. The van der Waals surface area contributed by atoms with Crippen LogP contribution in [-0.2, 0) is 9.59 Å². The third kappa shape index (κ3) is 4.05. The van der Waals surface area contributed by atoms with Crippen LogP contribution in [0.4, 0.5) is 5.69 Å².